The van der Waals surface area contributed by atoms with Crippen molar-refractivity contribution in [1.82, 2.24) is 0 Å². The molecule has 0 aromatic heterocycles. The average Bonchev–Trinajstić information content (AvgIpc) is 2.62. The van der Waals surface area contributed by atoms with Gasteiger partial charge < -0.3 is 5.11 Å². The fraction of sp³-hybridized carbons (Fsp3) is 0.458. The molecule has 0 heterocycles. The quantitative estimate of drug-likeness (QED) is 0.178. The third-order valence-corrected chi connectivity index (χ3v) is 3.85. The van der Waals surface area contributed by atoms with Crippen LogP contribution in [0.5, 0.6) is 0 Å². The minimum absolute atomic E-state index is 0.936. The molecule has 144 valence electrons. The molecule has 0 radical (unpaired) electrons. The average molecular weight is 357 g/mol. The summed E-state index contributed by atoms with van der Waals surface area (Å²) < 4.78 is 0. The van der Waals surface area contributed by atoms with Crippen molar-refractivity contribution in [3.8, 4) is 0 Å². The van der Waals surface area contributed by atoms with Crippen LogP contribution in [0.15, 0.2) is 72.9 Å². The third kappa shape index (κ3) is 21.9. The maximum Gasteiger partial charge on any atom is 0.328 e. The molecule has 0 spiro atoms. The Hall–Kier alpha value is -2.09. The highest BCUT2D eigenvalue weighted by molar-refractivity contribution is 5.80. The summed E-state index contributed by atoms with van der Waals surface area (Å²) >= 11 is 0. The first kappa shape index (κ1) is 23.9. The van der Waals surface area contributed by atoms with Gasteiger partial charge in [-0.3, -0.25) is 0 Å². The molecule has 0 rings (SSSR count). The first-order valence-electron chi connectivity index (χ1n) is 10.00. The summed E-state index contributed by atoms with van der Waals surface area (Å²) in [5, 5.41) is 8.41. The Morgan fingerprint density at radius 1 is 0.615 bits per heavy atom. The Labute approximate surface area is 160 Å². The summed E-state index contributed by atoms with van der Waals surface area (Å²) in [6.45, 7) is 2.27. The summed E-state index contributed by atoms with van der Waals surface area (Å²) in [6.07, 6.45) is 35.7. The van der Waals surface area contributed by atoms with Crippen LogP contribution in [0.25, 0.3) is 0 Å². The van der Waals surface area contributed by atoms with Gasteiger partial charge in [0.25, 0.3) is 0 Å². The second kappa shape index (κ2) is 21.0. The molecule has 0 atom stereocenters. The smallest absolute Gasteiger partial charge is 0.328 e. The zero-order valence-corrected chi connectivity index (χ0v) is 16.4. The van der Waals surface area contributed by atoms with E-state index in [-0.39, 0.29) is 0 Å². The van der Waals surface area contributed by atoms with E-state index in [0.29, 0.717) is 0 Å². The number of carbonyl (C=O) groups is 1. The van der Waals surface area contributed by atoms with Crippen LogP contribution in [0.2, 0.25) is 0 Å². The molecule has 2 heteroatoms. The summed E-state index contributed by atoms with van der Waals surface area (Å²) in [6, 6.07) is 0. The molecule has 26 heavy (non-hydrogen) atoms. The van der Waals surface area contributed by atoms with Gasteiger partial charge in [-0.2, -0.15) is 0 Å². The van der Waals surface area contributed by atoms with E-state index in [1.807, 2.05) is 36.5 Å². The van der Waals surface area contributed by atoms with E-state index in [1.165, 1.54) is 70.3 Å². The van der Waals surface area contributed by atoms with Crippen molar-refractivity contribution >= 4 is 5.97 Å². The van der Waals surface area contributed by atoms with Crippen LogP contribution >= 0.6 is 0 Å². The molecular weight excluding hydrogens is 320 g/mol. The molecule has 0 aliphatic rings. The molecule has 0 unspecified atom stereocenters. The maximum atomic E-state index is 10.2. The lowest BCUT2D eigenvalue weighted by atomic mass is 10.1. The SMILES string of the molecule is CCCCCCCCCCC\C=C/C=C\C=C/C=C\C=C/C=C\C(=O)O. The van der Waals surface area contributed by atoms with E-state index in [1.54, 1.807) is 12.2 Å². The molecule has 0 aliphatic heterocycles. The fourth-order valence-corrected chi connectivity index (χ4v) is 2.40. The van der Waals surface area contributed by atoms with Crippen LogP contribution in [0, 0.1) is 0 Å². The van der Waals surface area contributed by atoms with E-state index in [9.17, 15) is 4.79 Å². The highest BCUT2D eigenvalue weighted by atomic mass is 16.4. The molecule has 0 amide bonds. The second-order valence-corrected chi connectivity index (χ2v) is 6.28. The predicted octanol–water partition coefficient (Wildman–Crippen LogP) is 7.33. The number of aliphatic carboxylic acids is 1. The molecule has 2 nitrogen and oxygen atoms in total. The molecule has 0 bridgehead atoms. The van der Waals surface area contributed by atoms with Crippen molar-refractivity contribution in [2.24, 2.45) is 0 Å². The van der Waals surface area contributed by atoms with Gasteiger partial charge >= 0.3 is 5.97 Å². The van der Waals surface area contributed by atoms with Crippen molar-refractivity contribution in [1.29, 1.82) is 0 Å². The van der Waals surface area contributed by atoms with Gasteiger partial charge in [-0.1, -0.05) is 125 Å². The van der Waals surface area contributed by atoms with Gasteiger partial charge in [0.05, 0.1) is 0 Å². The summed E-state index contributed by atoms with van der Waals surface area (Å²) in [7, 11) is 0. The third-order valence-electron chi connectivity index (χ3n) is 3.85. The predicted molar refractivity (Wildman–Crippen MR) is 114 cm³/mol. The molecular formula is C24H36O2. The minimum Gasteiger partial charge on any atom is -0.478 e. The molecule has 1 N–H and O–H groups in total. The first-order valence-corrected chi connectivity index (χ1v) is 10.00. The molecule has 0 saturated carbocycles. The number of rotatable bonds is 16. The zero-order chi connectivity index (χ0) is 19.1. The number of hydrogen-bond donors (Lipinski definition) is 1. The van der Waals surface area contributed by atoms with Crippen molar-refractivity contribution in [3.63, 3.8) is 0 Å². The Morgan fingerprint density at radius 3 is 1.54 bits per heavy atom. The van der Waals surface area contributed by atoms with E-state index < -0.39 is 5.97 Å². The van der Waals surface area contributed by atoms with Gasteiger partial charge in [0.2, 0.25) is 0 Å². The van der Waals surface area contributed by atoms with Crippen LogP contribution in [0.4, 0.5) is 0 Å². The van der Waals surface area contributed by atoms with E-state index in [0.717, 1.165) is 6.08 Å². The number of carboxylic acid groups (broad SMARTS) is 1. The number of carboxylic acids is 1. The lowest BCUT2D eigenvalue weighted by molar-refractivity contribution is -0.131. The second-order valence-electron chi connectivity index (χ2n) is 6.28. The number of unbranched alkanes of at least 4 members (excludes halogenated alkanes) is 9. The Bertz CT molecular complexity index is 490. The number of allylic oxidation sites excluding steroid dienone is 11. The molecule has 0 aromatic carbocycles. The van der Waals surface area contributed by atoms with Gasteiger partial charge in [0.15, 0.2) is 0 Å². The molecule has 0 aliphatic carbocycles. The van der Waals surface area contributed by atoms with Crippen molar-refractivity contribution in [2.75, 3.05) is 0 Å². The summed E-state index contributed by atoms with van der Waals surface area (Å²) in [4.78, 5) is 10.2. The van der Waals surface area contributed by atoms with Crippen LogP contribution in [-0.4, -0.2) is 11.1 Å². The van der Waals surface area contributed by atoms with Gasteiger partial charge in [0.1, 0.15) is 0 Å². The Kier molecular flexibility index (Phi) is 19.3. The number of hydrogen-bond acceptors (Lipinski definition) is 1. The van der Waals surface area contributed by atoms with Crippen LogP contribution in [0.1, 0.15) is 71.1 Å². The zero-order valence-electron chi connectivity index (χ0n) is 16.4. The molecule has 0 fully saturated rings. The lowest BCUT2D eigenvalue weighted by Crippen LogP contribution is -1.84. The van der Waals surface area contributed by atoms with Crippen molar-refractivity contribution in [3.05, 3.63) is 72.9 Å². The van der Waals surface area contributed by atoms with Gasteiger partial charge in [0, 0.05) is 6.08 Å². The topological polar surface area (TPSA) is 37.3 Å². The van der Waals surface area contributed by atoms with Crippen molar-refractivity contribution in [2.45, 2.75) is 71.1 Å². The Balaban J connectivity index is 3.51. The summed E-state index contributed by atoms with van der Waals surface area (Å²) in [5.74, 6) is -0.936. The molecule has 0 aromatic rings. The molecule has 0 saturated heterocycles. The van der Waals surface area contributed by atoms with E-state index in [2.05, 4.69) is 19.1 Å². The normalized spacial score (nSPS) is 13.0. The highest BCUT2D eigenvalue weighted by Crippen LogP contribution is 2.10. The monoisotopic (exact) mass is 356 g/mol. The van der Waals surface area contributed by atoms with E-state index >= 15 is 0 Å². The van der Waals surface area contributed by atoms with Crippen molar-refractivity contribution < 1.29 is 9.90 Å². The van der Waals surface area contributed by atoms with E-state index in [4.69, 9.17) is 5.11 Å². The fourth-order valence-electron chi connectivity index (χ4n) is 2.40. The standard InChI is InChI=1S/C24H36O2/c1-2-3-4-5-6-7-8-9-10-11-12-13-14-15-16-17-18-19-20-21-22-23-24(25)26/h12-23H,2-11H2,1H3,(H,25,26)/b13-12-,15-14-,17-16-,19-18-,21-20-,23-22-. The largest absolute Gasteiger partial charge is 0.478 e. The first-order chi connectivity index (χ1) is 12.8. The highest BCUT2D eigenvalue weighted by Gasteiger charge is 1.90. The van der Waals surface area contributed by atoms with Gasteiger partial charge in [-0.25, -0.2) is 4.79 Å². The van der Waals surface area contributed by atoms with Crippen LogP contribution in [0.3, 0.4) is 0 Å². The summed E-state index contributed by atoms with van der Waals surface area (Å²) in [5.41, 5.74) is 0. The lowest BCUT2D eigenvalue weighted by Gasteiger charge is -2.00. The van der Waals surface area contributed by atoms with Gasteiger partial charge in [-0.05, 0) is 12.8 Å². The maximum absolute atomic E-state index is 10.2. The minimum atomic E-state index is -0.936. The Morgan fingerprint density at radius 2 is 1.04 bits per heavy atom. The van der Waals surface area contributed by atoms with Crippen LogP contribution in [-0.2, 0) is 4.79 Å². The van der Waals surface area contributed by atoms with Gasteiger partial charge in [-0.15, -0.1) is 0 Å². The van der Waals surface area contributed by atoms with Crippen LogP contribution < -0.4 is 0 Å².